The number of anilines is 1. The Hall–Kier alpha value is -2.18. The lowest BCUT2D eigenvalue weighted by Crippen LogP contribution is -2.08. The predicted molar refractivity (Wildman–Crippen MR) is 71.5 cm³/mol. The molecular formula is C14H11ClN2O. The molecule has 2 aromatic rings. The van der Waals surface area contributed by atoms with Gasteiger partial charge in [-0.3, -0.25) is 0 Å². The predicted octanol–water partition coefficient (Wildman–Crippen LogP) is 3.72. The smallest absolute Gasteiger partial charge is 0.140 e. The van der Waals surface area contributed by atoms with Crippen molar-refractivity contribution in [3.05, 3.63) is 59.1 Å². The minimum absolute atomic E-state index is 0.174. The van der Waals surface area contributed by atoms with E-state index in [2.05, 4.69) is 11.4 Å². The highest BCUT2D eigenvalue weighted by molar-refractivity contribution is 6.33. The zero-order valence-corrected chi connectivity index (χ0v) is 10.2. The molecule has 1 atom stereocenters. The number of aromatic hydroxyl groups is 1. The van der Waals surface area contributed by atoms with Crippen LogP contribution >= 0.6 is 11.6 Å². The van der Waals surface area contributed by atoms with E-state index < -0.39 is 6.04 Å². The number of benzene rings is 2. The maximum atomic E-state index is 9.22. The van der Waals surface area contributed by atoms with Gasteiger partial charge in [0.1, 0.15) is 11.8 Å². The first-order valence-electron chi connectivity index (χ1n) is 5.40. The monoisotopic (exact) mass is 258 g/mol. The van der Waals surface area contributed by atoms with Crippen molar-refractivity contribution in [1.82, 2.24) is 0 Å². The molecule has 2 N–H and O–H groups in total. The summed E-state index contributed by atoms with van der Waals surface area (Å²) in [6.45, 7) is 0. The average Bonchev–Trinajstić information content (AvgIpc) is 2.39. The van der Waals surface area contributed by atoms with Crippen LogP contribution in [0.5, 0.6) is 5.75 Å². The topological polar surface area (TPSA) is 56.0 Å². The first-order chi connectivity index (χ1) is 8.70. The lowest BCUT2D eigenvalue weighted by atomic mass is 10.1. The summed E-state index contributed by atoms with van der Waals surface area (Å²) in [5.41, 5.74) is 1.48. The molecule has 0 amide bonds. The summed E-state index contributed by atoms with van der Waals surface area (Å²) in [4.78, 5) is 0. The number of phenolic OH excluding ortho intramolecular Hbond substituents is 1. The summed E-state index contributed by atoms with van der Waals surface area (Å²) in [6.07, 6.45) is 0. The SMILES string of the molecule is N#CC(Nc1ccccc1Cl)c1ccc(O)cc1. The van der Waals surface area contributed by atoms with E-state index in [-0.39, 0.29) is 5.75 Å². The van der Waals surface area contributed by atoms with E-state index in [0.717, 1.165) is 5.56 Å². The fourth-order valence-electron chi connectivity index (χ4n) is 1.59. The van der Waals surface area contributed by atoms with Crippen molar-refractivity contribution in [2.45, 2.75) is 6.04 Å². The van der Waals surface area contributed by atoms with Crippen LogP contribution in [-0.2, 0) is 0 Å². The summed E-state index contributed by atoms with van der Waals surface area (Å²) in [7, 11) is 0. The number of hydrogen-bond donors (Lipinski definition) is 2. The molecule has 2 aromatic carbocycles. The molecule has 0 saturated heterocycles. The molecule has 4 heteroatoms. The minimum Gasteiger partial charge on any atom is -0.508 e. The van der Waals surface area contributed by atoms with Gasteiger partial charge in [0, 0.05) is 0 Å². The zero-order chi connectivity index (χ0) is 13.0. The number of nitrogens with zero attached hydrogens (tertiary/aromatic N) is 1. The third-order valence-corrected chi connectivity index (χ3v) is 2.86. The highest BCUT2D eigenvalue weighted by Crippen LogP contribution is 2.26. The molecule has 2 rings (SSSR count). The Morgan fingerprint density at radius 2 is 1.78 bits per heavy atom. The Labute approximate surface area is 110 Å². The lowest BCUT2D eigenvalue weighted by molar-refractivity contribution is 0.475. The van der Waals surface area contributed by atoms with Crippen molar-refractivity contribution in [2.24, 2.45) is 0 Å². The lowest BCUT2D eigenvalue weighted by Gasteiger charge is -2.14. The van der Waals surface area contributed by atoms with Gasteiger partial charge in [-0.25, -0.2) is 0 Å². The van der Waals surface area contributed by atoms with Gasteiger partial charge in [0.2, 0.25) is 0 Å². The maximum absolute atomic E-state index is 9.22. The van der Waals surface area contributed by atoms with Crippen LogP contribution in [0.2, 0.25) is 5.02 Å². The molecule has 0 spiro atoms. The van der Waals surface area contributed by atoms with Gasteiger partial charge in [0.05, 0.1) is 16.8 Å². The van der Waals surface area contributed by atoms with Gasteiger partial charge in [0.15, 0.2) is 0 Å². The molecule has 1 unspecified atom stereocenters. The van der Waals surface area contributed by atoms with Gasteiger partial charge in [0.25, 0.3) is 0 Å². The molecule has 0 aliphatic carbocycles. The van der Waals surface area contributed by atoms with Crippen LogP contribution in [0.3, 0.4) is 0 Å². The highest BCUT2D eigenvalue weighted by Gasteiger charge is 2.11. The second-order valence-electron chi connectivity index (χ2n) is 3.78. The van der Waals surface area contributed by atoms with Gasteiger partial charge in [-0.2, -0.15) is 5.26 Å². The molecule has 0 radical (unpaired) electrons. The molecule has 0 aliphatic heterocycles. The Morgan fingerprint density at radius 3 is 2.39 bits per heavy atom. The second-order valence-corrected chi connectivity index (χ2v) is 4.19. The number of nitrogens with one attached hydrogen (secondary N) is 1. The Kier molecular flexibility index (Phi) is 3.71. The quantitative estimate of drug-likeness (QED) is 0.882. The number of halogens is 1. The first kappa shape index (κ1) is 12.3. The summed E-state index contributed by atoms with van der Waals surface area (Å²) >= 11 is 6.03. The van der Waals surface area contributed by atoms with Crippen LogP contribution in [0.4, 0.5) is 5.69 Å². The van der Waals surface area contributed by atoms with E-state index in [4.69, 9.17) is 11.6 Å². The molecule has 0 heterocycles. The van der Waals surface area contributed by atoms with Gasteiger partial charge < -0.3 is 10.4 Å². The van der Waals surface area contributed by atoms with Crippen molar-refractivity contribution in [1.29, 1.82) is 5.26 Å². The normalized spacial score (nSPS) is 11.6. The van der Waals surface area contributed by atoms with Crippen LogP contribution < -0.4 is 5.32 Å². The number of phenols is 1. The van der Waals surface area contributed by atoms with E-state index >= 15 is 0 Å². The van der Waals surface area contributed by atoms with Crippen LogP contribution in [0.25, 0.3) is 0 Å². The number of para-hydroxylation sites is 1. The summed E-state index contributed by atoms with van der Waals surface area (Å²) in [5, 5.41) is 22.0. The number of hydrogen-bond acceptors (Lipinski definition) is 3. The Bertz CT molecular complexity index is 575. The van der Waals surface area contributed by atoms with Gasteiger partial charge >= 0.3 is 0 Å². The van der Waals surface area contributed by atoms with Crippen molar-refractivity contribution < 1.29 is 5.11 Å². The van der Waals surface area contributed by atoms with Crippen molar-refractivity contribution in [3.63, 3.8) is 0 Å². The average molecular weight is 259 g/mol. The standard InChI is InChI=1S/C14H11ClN2O/c15-12-3-1-2-4-13(12)17-14(9-16)10-5-7-11(18)8-6-10/h1-8,14,17-18H. The third-order valence-electron chi connectivity index (χ3n) is 2.53. The van der Waals surface area contributed by atoms with Crippen LogP contribution in [0, 0.1) is 11.3 Å². The molecule has 3 nitrogen and oxygen atoms in total. The van der Waals surface area contributed by atoms with E-state index in [1.807, 2.05) is 18.2 Å². The molecular weight excluding hydrogens is 248 g/mol. The largest absolute Gasteiger partial charge is 0.508 e. The van der Waals surface area contributed by atoms with Crippen molar-refractivity contribution in [3.8, 4) is 11.8 Å². The maximum Gasteiger partial charge on any atom is 0.140 e. The van der Waals surface area contributed by atoms with E-state index in [1.165, 1.54) is 0 Å². The Morgan fingerprint density at radius 1 is 1.11 bits per heavy atom. The van der Waals surface area contributed by atoms with Crippen LogP contribution in [0.1, 0.15) is 11.6 Å². The zero-order valence-electron chi connectivity index (χ0n) is 9.47. The molecule has 90 valence electrons. The first-order valence-corrected chi connectivity index (χ1v) is 5.78. The third kappa shape index (κ3) is 2.73. The molecule has 0 aromatic heterocycles. The number of nitriles is 1. The summed E-state index contributed by atoms with van der Waals surface area (Å²) in [6, 6.07) is 15.4. The summed E-state index contributed by atoms with van der Waals surface area (Å²) in [5.74, 6) is 0.174. The van der Waals surface area contributed by atoms with E-state index in [1.54, 1.807) is 30.3 Å². The van der Waals surface area contributed by atoms with E-state index in [9.17, 15) is 10.4 Å². The fourth-order valence-corrected chi connectivity index (χ4v) is 1.78. The number of rotatable bonds is 3. The van der Waals surface area contributed by atoms with Crippen LogP contribution in [-0.4, -0.2) is 5.11 Å². The molecule has 0 bridgehead atoms. The fraction of sp³-hybridized carbons (Fsp3) is 0.0714. The van der Waals surface area contributed by atoms with E-state index in [0.29, 0.717) is 10.7 Å². The molecule has 0 aliphatic rings. The minimum atomic E-state index is -0.509. The van der Waals surface area contributed by atoms with Gasteiger partial charge in [-0.1, -0.05) is 35.9 Å². The Balaban J connectivity index is 2.23. The van der Waals surface area contributed by atoms with Gasteiger partial charge in [-0.15, -0.1) is 0 Å². The van der Waals surface area contributed by atoms with Gasteiger partial charge in [-0.05, 0) is 29.8 Å². The van der Waals surface area contributed by atoms with Crippen molar-refractivity contribution >= 4 is 17.3 Å². The highest BCUT2D eigenvalue weighted by atomic mass is 35.5. The second kappa shape index (κ2) is 5.44. The molecule has 0 saturated carbocycles. The molecule has 18 heavy (non-hydrogen) atoms. The summed E-state index contributed by atoms with van der Waals surface area (Å²) < 4.78 is 0. The molecule has 0 fully saturated rings. The van der Waals surface area contributed by atoms with Crippen molar-refractivity contribution in [2.75, 3.05) is 5.32 Å². The van der Waals surface area contributed by atoms with Crippen LogP contribution in [0.15, 0.2) is 48.5 Å².